The topological polar surface area (TPSA) is 54.0 Å². The molecule has 0 atom stereocenters. The van der Waals surface area contributed by atoms with Crippen LogP contribution in [0.15, 0.2) is 36.7 Å². The van der Waals surface area contributed by atoms with E-state index in [0.29, 0.717) is 35.8 Å². The van der Waals surface area contributed by atoms with Crippen molar-refractivity contribution in [3.63, 3.8) is 0 Å². The Hall–Kier alpha value is -1.41. The first-order valence-corrected chi connectivity index (χ1v) is 8.23. The van der Waals surface area contributed by atoms with Crippen molar-refractivity contribution in [1.82, 2.24) is 10.3 Å². The molecule has 0 fully saturated rings. The van der Waals surface area contributed by atoms with Crippen LogP contribution in [0, 0.1) is 9.39 Å². The summed E-state index contributed by atoms with van der Waals surface area (Å²) in [4.78, 5) is 16.1. The zero-order valence-electron chi connectivity index (χ0n) is 11.6. The predicted molar refractivity (Wildman–Crippen MR) is 94.3 cm³/mol. The number of alkyl halides is 1. The number of nitrogens with one attached hydrogen (secondary N) is 2. The van der Waals surface area contributed by atoms with Crippen molar-refractivity contribution in [3.8, 4) is 0 Å². The van der Waals surface area contributed by atoms with Crippen LogP contribution in [-0.4, -0.2) is 23.3 Å². The summed E-state index contributed by atoms with van der Waals surface area (Å²) in [5, 5.41) is 5.68. The van der Waals surface area contributed by atoms with Crippen molar-refractivity contribution >= 4 is 51.5 Å². The lowest BCUT2D eigenvalue weighted by Crippen LogP contribution is -2.25. The van der Waals surface area contributed by atoms with E-state index in [9.17, 15) is 9.18 Å². The van der Waals surface area contributed by atoms with Crippen molar-refractivity contribution in [1.29, 1.82) is 0 Å². The van der Waals surface area contributed by atoms with E-state index in [1.807, 2.05) is 22.6 Å². The molecule has 0 saturated carbocycles. The predicted octanol–water partition coefficient (Wildman–Crippen LogP) is 3.93. The van der Waals surface area contributed by atoms with Crippen LogP contribution in [0.5, 0.6) is 0 Å². The molecule has 0 radical (unpaired) electrons. The number of amides is 1. The van der Waals surface area contributed by atoms with Crippen LogP contribution in [0.1, 0.15) is 16.8 Å². The van der Waals surface area contributed by atoms with Gasteiger partial charge < -0.3 is 10.6 Å². The Bertz CT molecular complexity index is 669. The molecule has 1 aromatic carbocycles. The number of hydrogen-bond donors (Lipinski definition) is 2. The van der Waals surface area contributed by atoms with Gasteiger partial charge in [0.1, 0.15) is 5.82 Å². The lowest BCUT2D eigenvalue weighted by Gasteiger charge is -2.12. The molecular weight excluding hydrogens is 420 g/mol. The lowest BCUT2D eigenvalue weighted by molar-refractivity contribution is 0.0954. The third-order valence-corrected chi connectivity index (χ3v) is 3.80. The second kappa shape index (κ2) is 8.28. The molecular formula is C15H14ClFIN3O. The molecule has 1 heterocycles. The van der Waals surface area contributed by atoms with Gasteiger partial charge in [-0.05, 0) is 53.3 Å². The number of nitrogens with zero attached hydrogens (tertiary/aromatic N) is 1. The first kappa shape index (κ1) is 17.0. The van der Waals surface area contributed by atoms with Crippen molar-refractivity contribution in [2.75, 3.05) is 17.7 Å². The molecule has 2 rings (SSSR count). The van der Waals surface area contributed by atoms with Gasteiger partial charge in [-0.15, -0.1) is 11.6 Å². The van der Waals surface area contributed by atoms with Gasteiger partial charge in [-0.3, -0.25) is 9.78 Å². The molecule has 7 heteroatoms. The maximum absolute atomic E-state index is 13.9. The van der Waals surface area contributed by atoms with E-state index in [0.717, 1.165) is 3.57 Å². The smallest absolute Gasteiger partial charge is 0.253 e. The minimum atomic E-state index is -0.385. The summed E-state index contributed by atoms with van der Waals surface area (Å²) in [5.41, 5.74) is 1.15. The third kappa shape index (κ3) is 4.54. The molecule has 2 N–H and O–H groups in total. The minimum absolute atomic E-state index is 0.249. The highest BCUT2D eigenvalue weighted by molar-refractivity contribution is 14.1. The first-order valence-electron chi connectivity index (χ1n) is 6.62. The van der Waals surface area contributed by atoms with Crippen molar-refractivity contribution in [2.24, 2.45) is 0 Å². The molecule has 0 aliphatic heterocycles. The van der Waals surface area contributed by atoms with Gasteiger partial charge in [0.05, 0.1) is 23.1 Å². The van der Waals surface area contributed by atoms with Crippen LogP contribution >= 0.6 is 34.2 Å². The number of anilines is 2. The number of benzene rings is 1. The van der Waals surface area contributed by atoms with Crippen molar-refractivity contribution < 1.29 is 9.18 Å². The SMILES string of the molecule is O=C(NCCCCl)c1ccncc1Nc1ccc(I)cc1F. The van der Waals surface area contributed by atoms with Crippen LogP contribution in [0.25, 0.3) is 0 Å². The summed E-state index contributed by atoms with van der Waals surface area (Å²) in [5.74, 6) is -0.152. The number of aromatic nitrogens is 1. The normalized spacial score (nSPS) is 10.3. The maximum atomic E-state index is 13.9. The second-order valence-corrected chi connectivity index (χ2v) is 6.09. The Kier molecular flexibility index (Phi) is 6.38. The number of halogens is 3. The largest absolute Gasteiger partial charge is 0.352 e. The van der Waals surface area contributed by atoms with Gasteiger partial charge in [0.25, 0.3) is 5.91 Å². The van der Waals surface area contributed by atoms with E-state index in [-0.39, 0.29) is 11.7 Å². The summed E-state index contributed by atoms with van der Waals surface area (Å²) >= 11 is 7.62. The summed E-state index contributed by atoms with van der Waals surface area (Å²) < 4.78 is 14.7. The zero-order valence-corrected chi connectivity index (χ0v) is 14.5. The molecule has 2 aromatic rings. The van der Waals surface area contributed by atoms with Gasteiger partial charge in [0.2, 0.25) is 0 Å². The number of rotatable bonds is 6. The van der Waals surface area contributed by atoms with E-state index < -0.39 is 0 Å². The minimum Gasteiger partial charge on any atom is -0.352 e. The summed E-state index contributed by atoms with van der Waals surface area (Å²) in [7, 11) is 0. The Morgan fingerprint density at radius 2 is 2.14 bits per heavy atom. The molecule has 0 bridgehead atoms. The molecule has 22 heavy (non-hydrogen) atoms. The molecule has 0 spiro atoms. The van der Waals surface area contributed by atoms with Gasteiger partial charge in [-0.2, -0.15) is 0 Å². The average Bonchev–Trinajstić information content (AvgIpc) is 2.51. The fourth-order valence-electron chi connectivity index (χ4n) is 1.79. The maximum Gasteiger partial charge on any atom is 0.253 e. The molecule has 4 nitrogen and oxygen atoms in total. The number of hydrogen-bond acceptors (Lipinski definition) is 3. The van der Waals surface area contributed by atoms with Crippen molar-refractivity contribution in [3.05, 3.63) is 51.6 Å². The van der Waals surface area contributed by atoms with Gasteiger partial charge in [0, 0.05) is 22.2 Å². The van der Waals surface area contributed by atoms with E-state index in [1.165, 1.54) is 18.5 Å². The van der Waals surface area contributed by atoms with Gasteiger partial charge in [-0.1, -0.05) is 0 Å². The lowest BCUT2D eigenvalue weighted by atomic mass is 10.2. The van der Waals surface area contributed by atoms with E-state index in [4.69, 9.17) is 11.6 Å². The molecule has 0 aliphatic rings. The van der Waals surface area contributed by atoms with Crippen LogP contribution in [0.2, 0.25) is 0 Å². The molecule has 1 amide bonds. The van der Waals surface area contributed by atoms with Crippen LogP contribution in [0.3, 0.4) is 0 Å². The first-order chi connectivity index (χ1) is 10.6. The Morgan fingerprint density at radius 1 is 1.32 bits per heavy atom. The standard InChI is InChI=1S/C15H14ClFIN3O/c16-5-1-6-20-15(22)11-4-7-19-9-14(11)21-13-3-2-10(18)8-12(13)17/h2-4,7-9,21H,1,5-6H2,(H,20,22). The Morgan fingerprint density at radius 3 is 2.86 bits per heavy atom. The molecule has 0 aliphatic carbocycles. The highest BCUT2D eigenvalue weighted by Gasteiger charge is 2.12. The fourth-order valence-corrected chi connectivity index (χ4v) is 2.38. The fraction of sp³-hybridized carbons (Fsp3) is 0.200. The highest BCUT2D eigenvalue weighted by atomic mass is 127. The Labute approximate surface area is 146 Å². The zero-order chi connectivity index (χ0) is 15.9. The van der Waals surface area contributed by atoms with Crippen LogP contribution in [-0.2, 0) is 0 Å². The molecule has 0 unspecified atom stereocenters. The van der Waals surface area contributed by atoms with Gasteiger partial charge in [0.15, 0.2) is 0 Å². The van der Waals surface area contributed by atoms with Crippen LogP contribution in [0.4, 0.5) is 15.8 Å². The second-order valence-electron chi connectivity index (χ2n) is 4.47. The monoisotopic (exact) mass is 433 g/mol. The Balaban J connectivity index is 2.19. The molecule has 0 saturated heterocycles. The number of carbonyl (C=O) groups excluding carboxylic acids is 1. The van der Waals surface area contributed by atoms with Gasteiger partial charge in [-0.25, -0.2) is 4.39 Å². The number of pyridine rings is 1. The molecule has 1 aromatic heterocycles. The van der Waals surface area contributed by atoms with Gasteiger partial charge >= 0.3 is 0 Å². The summed E-state index contributed by atoms with van der Waals surface area (Å²) in [6.45, 7) is 0.488. The summed E-state index contributed by atoms with van der Waals surface area (Å²) in [6, 6.07) is 6.41. The average molecular weight is 434 g/mol. The highest BCUT2D eigenvalue weighted by Crippen LogP contribution is 2.23. The van der Waals surface area contributed by atoms with E-state index in [2.05, 4.69) is 15.6 Å². The quantitative estimate of drug-likeness (QED) is 0.412. The molecule has 116 valence electrons. The number of carbonyl (C=O) groups is 1. The van der Waals surface area contributed by atoms with Crippen molar-refractivity contribution in [2.45, 2.75) is 6.42 Å². The summed E-state index contributed by atoms with van der Waals surface area (Å²) in [6.07, 6.45) is 3.70. The van der Waals surface area contributed by atoms with E-state index >= 15 is 0 Å². The van der Waals surface area contributed by atoms with Crippen LogP contribution < -0.4 is 10.6 Å². The van der Waals surface area contributed by atoms with E-state index in [1.54, 1.807) is 18.2 Å². The third-order valence-electron chi connectivity index (χ3n) is 2.86.